The summed E-state index contributed by atoms with van der Waals surface area (Å²) in [6, 6.07) is 12.0. The standard InChI is InChI=1S/C15H15ClN2O2/c1-2-20-14-9-10(7-8-13(14)17)18-15(19)11-5-3-4-6-12(11)16/h3-9H,2,17H2,1H3,(H,18,19). The Labute approximate surface area is 122 Å². The number of rotatable bonds is 4. The minimum atomic E-state index is -0.275. The van der Waals surface area contributed by atoms with Crippen molar-refractivity contribution in [3.8, 4) is 5.75 Å². The van der Waals surface area contributed by atoms with Crippen LogP contribution in [-0.2, 0) is 0 Å². The number of nitrogen functional groups attached to an aromatic ring is 1. The Balaban J connectivity index is 2.20. The van der Waals surface area contributed by atoms with Crippen LogP contribution < -0.4 is 15.8 Å². The van der Waals surface area contributed by atoms with Gasteiger partial charge in [0, 0.05) is 11.8 Å². The van der Waals surface area contributed by atoms with Gasteiger partial charge in [-0.05, 0) is 31.2 Å². The number of halogens is 1. The number of ether oxygens (including phenoxy) is 1. The zero-order valence-electron chi connectivity index (χ0n) is 11.0. The number of anilines is 2. The SMILES string of the molecule is CCOc1cc(NC(=O)c2ccccc2Cl)ccc1N. The summed E-state index contributed by atoms with van der Waals surface area (Å²) >= 11 is 5.99. The maximum absolute atomic E-state index is 12.1. The van der Waals surface area contributed by atoms with Crippen molar-refractivity contribution < 1.29 is 9.53 Å². The van der Waals surface area contributed by atoms with E-state index >= 15 is 0 Å². The van der Waals surface area contributed by atoms with E-state index in [1.54, 1.807) is 42.5 Å². The lowest BCUT2D eigenvalue weighted by atomic mass is 10.2. The molecule has 0 aliphatic heterocycles. The van der Waals surface area contributed by atoms with Crippen molar-refractivity contribution in [3.63, 3.8) is 0 Å². The molecule has 1 amide bonds. The number of hydrogen-bond donors (Lipinski definition) is 2. The predicted octanol–water partition coefficient (Wildman–Crippen LogP) is 3.57. The van der Waals surface area contributed by atoms with E-state index in [2.05, 4.69) is 5.32 Å². The number of nitrogens with two attached hydrogens (primary N) is 1. The molecular formula is C15H15ClN2O2. The van der Waals surface area contributed by atoms with Crippen LogP contribution in [0.5, 0.6) is 5.75 Å². The fraction of sp³-hybridized carbons (Fsp3) is 0.133. The lowest BCUT2D eigenvalue weighted by Gasteiger charge is -2.10. The maximum atomic E-state index is 12.1. The fourth-order valence-corrected chi connectivity index (χ4v) is 1.96. The van der Waals surface area contributed by atoms with Crippen molar-refractivity contribution in [2.45, 2.75) is 6.92 Å². The minimum Gasteiger partial charge on any atom is -0.492 e. The highest BCUT2D eigenvalue weighted by molar-refractivity contribution is 6.34. The average Bonchev–Trinajstić information content (AvgIpc) is 2.43. The molecular weight excluding hydrogens is 276 g/mol. The molecule has 0 radical (unpaired) electrons. The molecule has 0 unspecified atom stereocenters. The first-order chi connectivity index (χ1) is 9.61. The molecule has 3 N–H and O–H groups in total. The smallest absolute Gasteiger partial charge is 0.257 e. The number of nitrogens with one attached hydrogen (secondary N) is 1. The highest BCUT2D eigenvalue weighted by atomic mass is 35.5. The predicted molar refractivity (Wildman–Crippen MR) is 81.4 cm³/mol. The van der Waals surface area contributed by atoms with Gasteiger partial charge >= 0.3 is 0 Å². The van der Waals surface area contributed by atoms with Crippen molar-refractivity contribution in [1.82, 2.24) is 0 Å². The van der Waals surface area contributed by atoms with Gasteiger partial charge < -0.3 is 15.8 Å². The first kappa shape index (κ1) is 14.2. The summed E-state index contributed by atoms with van der Waals surface area (Å²) in [4.78, 5) is 12.1. The molecule has 4 nitrogen and oxygen atoms in total. The van der Waals surface area contributed by atoms with Crippen LogP contribution >= 0.6 is 11.6 Å². The molecule has 0 heterocycles. The van der Waals surface area contributed by atoms with E-state index in [9.17, 15) is 4.79 Å². The summed E-state index contributed by atoms with van der Waals surface area (Å²) in [5, 5.41) is 3.17. The van der Waals surface area contributed by atoms with E-state index in [0.717, 1.165) is 0 Å². The van der Waals surface area contributed by atoms with E-state index in [-0.39, 0.29) is 5.91 Å². The van der Waals surface area contributed by atoms with E-state index in [0.29, 0.717) is 34.3 Å². The molecule has 0 saturated carbocycles. The molecule has 0 aromatic heterocycles. The molecule has 0 aliphatic carbocycles. The normalized spacial score (nSPS) is 10.1. The van der Waals surface area contributed by atoms with Crippen molar-refractivity contribution in [3.05, 3.63) is 53.1 Å². The van der Waals surface area contributed by atoms with Crippen LogP contribution in [0.1, 0.15) is 17.3 Å². The maximum Gasteiger partial charge on any atom is 0.257 e. The third-order valence-corrected chi connectivity index (χ3v) is 3.02. The van der Waals surface area contributed by atoms with Gasteiger partial charge in [0.05, 0.1) is 22.9 Å². The third-order valence-electron chi connectivity index (χ3n) is 2.69. The Morgan fingerprint density at radius 1 is 1.30 bits per heavy atom. The second-order valence-electron chi connectivity index (χ2n) is 4.12. The molecule has 0 aliphatic rings. The van der Waals surface area contributed by atoms with Crippen molar-refractivity contribution in [1.29, 1.82) is 0 Å². The van der Waals surface area contributed by atoms with Crippen molar-refractivity contribution in [2.75, 3.05) is 17.7 Å². The largest absolute Gasteiger partial charge is 0.492 e. The molecule has 2 aromatic rings. The van der Waals surface area contributed by atoms with Crippen LogP contribution in [0, 0.1) is 0 Å². The Morgan fingerprint density at radius 3 is 2.75 bits per heavy atom. The molecule has 20 heavy (non-hydrogen) atoms. The van der Waals surface area contributed by atoms with Gasteiger partial charge in [-0.1, -0.05) is 23.7 Å². The summed E-state index contributed by atoms with van der Waals surface area (Å²) in [5.74, 6) is 0.271. The molecule has 2 rings (SSSR count). The number of amides is 1. The van der Waals surface area contributed by atoms with Crippen molar-refractivity contribution >= 4 is 28.9 Å². The van der Waals surface area contributed by atoms with Crippen molar-refractivity contribution in [2.24, 2.45) is 0 Å². The molecule has 0 bridgehead atoms. The molecule has 2 aromatic carbocycles. The summed E-state index contributed by atoms with van der Waals surface area (Å²) in [6.07, 6.45) is 0. The highest BCUT2D eigenvalue weighted by Crippen LogP contribution is 2.26. The Kier molecular flexibility index (Phi) is 4.48. The molecule has 0 spiro atoms. The van der Waals surface area contributed by atoms with Crippen LogP contribution in [0.4, 0.5) is 11.4 Å². The number of carbonyl (C=O) groups is 1. The van der Waals surface area contributed by atoms with Gasteiger partial charge in [0.1, 0.15) is 5.75 Å². The highest BCUT2D eigenvalue weighted by Gasteiger charge is 2.10. The van der Waals surface area contributed by atoms with E-state index in [4.69, 9.17) is 22.1 Å². The Bertz CT molecular complexity index is 629. The van der Waals surface area contributed by atoms with Gasteiger partial charge in [-0.2, -0.15) is 0 Å². The Morgan fingerprint density at radius 2 is 2.05 bits per heavy atom. The first-order valence-corrected chi connectivity index (χ1v) is 6.58. The molecule has 0 fully saturated rings. The van der Waals surface area contributed by atoms with Crippen LogP contribution in [0.15, 0.2) is 42.5 Å². The summed E-state index contributed by atoms with van der Waals surface area (Å²) in [6.45, 7) is 2.38. The van der Waals surface area contributed by atoms with E-state index in [1.165, 1.54) is 0 Å². The molecule has 5 heteroatoms. The number of benzene rings is 2. The number of hydrogen-bond acceptors (Lipinski definition) is 3. The topological polar surface area (TPSA) is 64.3 Å². The van der Waals surface area contributed by atoms with Gasteiger partial charge in [-0.25, -0.2) is 0 Å². The van der Waals surface area contributed by atoms with E-state index in [1.807, 2.05) is 6.92 Å². The van der Waals surface area contributed by atoms with Gasteiger partial charge in [0.25, 0.3) is 5.91 Å². The number of carbonyl (C=O) groups excluding carboxylic acids is 1. The lowest BCUT2D eigenvalue weighted by Crippen LogP contribution is -2.12. The average molecular weight is 291 g/mol. The quantitative estimate of drug-likeness (QED) is 0.846. The zero-order valence-corrected chi connectivity index (χ0v) is 11.8. The minimum absolute atomic E-state index is 0.275. The van der Waals surface area contributed by atoms with Crippen LogP contribution in [-0.4, -0.2) is 12.5 Å². The molecule has 0 atom stereocenters. The molecule has 104 valence electrons. The summed E-state index contributed by atoms with van der Waals surface area (Å²) in [7, 11) is 0. The van der Waals surface area contributed by atoms with E-state index < -0.39 is 0 Å². The van der Waals surface area contributed by atoms with Gasteiger partial charge in [0.2, 0.25) is 0 Å². The summed E-state index contributed by atoms with van der Waals surface area (Å²) in [5.41, 5.74) is 7.34. The van der Waals surface area contributed by atoms with Gasteiger partial charge in [-0.3, -0.25) is 4.79 Å². The zero-order chi connectivity index (χ0) is 14.5. The summed E-state index contributed by atoms with van der Waals surface area (Å²) < 4.78 is 5.39. The monoisotopic (exact) mass is 290 g/mol. The van der Waals surface area contributed by atoms with Crippen LogP contribution in [0.3, 0.4) is 0 Å². The van der Waals surface area contributed by atoms with Crippen LogP contribution in [0.2, 0.25) is 5.02 Å². The lowest BCUT2D eigenvalue weighted by molar-refractivity contribution is 0.102. The second-order valence-corrected chi connectivity index (χ2v) is 4.53. The Hall–Kier alpha value is -2.20. The fourth-order valence-electron chi connectivity index (χ4n) is 1.74. The van der Waals surface area contributed by atoms with Gasteiger partial charge in [-0.15, -0.1) is 0 Å². The molecule has 0 saturated heterocycles. The first-order valence-electron chi connectivity index (χ1n) is 6.20. The van der Waals surface area contributed by atoms with Gasteiger partial charge in [0.15, 0.2) is 0 Å². The van der Waals surface area contributed by atoms with Crippen LogP contribution in [0.25, 0.3) is 0 Å². The third kappa shape index (κ3) is 3.22. The second kappa shape index (κ2) is 6.30.